The van der Waals surface area contributed by atoms with Crippen LogP contribution >= 0.6 is 0 Å². The molecule has 102 valence electrons. The van der Waals surface area contributed by atoms with E-state index in [1.165, 1.54) is 6.07 Å². The van der Waals surface area contributed by atoms with E-state index < -0.39 is 0 Å². The van der Waals surface area contributed by atoms with Crippen molar-refractivity contribution in [1.82, 2.24) is 10.2 Å². The summed E-state index contributed by atoms with van der Waals surface area (Å²) in [5.41, 5.74) is 0.788. The zero-order chi connectivity index (χ0) is 13.8. The zero-order valence-corrected chi connectivity index (χ0v) is 12.1. The maximum Gasteiger partial charge on any atom is 0.127 e. The SMILES string of the molecule is CCNC(C)(C)CN(C)C(C)c1ccccc1F. The Morgan fingerprint density at radius 2 is 1.94 bits per heavy atom. The summed E-state index contributed by atoms with van der Waals surface area (Å²) in [4.78, 5) is 2.18. The lowest BCUT2D eigenvalue weighted by Gasteiger charge is -2.34. The molecule has 0 aromatic heterocycles. The highest BCUT2D eigenvalue weighted by molar-refractivity contribution is 5.20. The molecule has 1 atom stereocenters. The van der Waals surface area contributed by atoms with E-state index in [9.17, 15) is 4.39 Å². The van der Waals surface area contributed by atoms with Crippen molar-refractivity contribution in [2.75, 3.05) is 20.1 Å². The third kappa shape index (κ3) is 4.07. The molecule has 0 aliphatic rings. The van der Waals surface area contributed by atoms with Crippen LogP contribution < -0.4 is 5.32 Å². The molecule has 3 heteroatoms. The summed E-state index contributed by atoms with van der Waals surface area (Å²) < 4.78 is 13.7. The Morgan fingerprint density at radius 1 is 1.33 bits per heavy atom. The van der Waals surface area contributed by atoms with Gasteiger partial charge < -0.3 is 5.32 Å². The highest BCUT2D eigenvalue weighted by Crippen LogP contribution is 2.22. The summed E-state index contributed by atoms with van der Waals surface area (Å²) in [6, 6.07) is 7.07. The van der Waals surface area contributed by atoms with Crippen LogP contribution in [0.5, 0.6) is 0 Å². The summed E-state index contributed by atoms with van der Waals surface area (Å²) in [6.45, 7) is 10.3. The summed E-state index contributed by atoms with van der Waals surface area (Å²) in [5, 5.41) is 3.44. The molecule has 0 fully saturated rings. The van der Waals surface area contributed by atoms with Crippen molar-refractivity contribution < 1.29 is 4.39 Å². The van der Waals surface area contributed by atoms with Gasteiger partial charge in [-0.15, -0.1) is 0 Å². The number of halogens is 1. The highest BCUT2D eigenvalue weighted by Gasteiger charge is 2.23. The van der Waals surface area contributed by atoms with E-state index in [0.717, 1.165) is 18.7 Å². The maximum atomic E-state index is 13.7. The highest BCUT2D eigenvalue weighted by atomic mass is 19.1. The standard InChI is InChI=1S/C15H25FN2/c1-6-17-15(3,4)11-18(5)12(2)13-9-7-8-10-14(13)16/h7-10,12,17H,6,11H2,1-5H3. The smallest absolute Gasteiger partial charge is 0.127 e. The van der Waals surface area contributed by atoms with Crippen LogP contribution in [0.4, 0.5) is 4.39 Å². The summed E-state index contributed by atoms with van der Waals surface area (Å²) in [6.07, 6.45) is 0. The summed E-state index contributed by atoms with van der Waals surface area (Å²) >= 11 is 0. The van der Waals surface area contributed by atoms with E-state index >= 15 is 0 Å². The molecule has 1 N–H and O–H groups in total. The molecule has 1 rings (SSSR count). The van der Waals surface area contributed by atoms with Gasteiger partial charge in [0.2, 0.25) is 0 Å². The number of nitrogens with one attached hydrogen (secondary N) is 1. The molecule has 0 aliphatic heterocycles. The normalized spacial score (nSPS) is 13.9. The molecule has 2 nitrogen and oxygen atoms in total. The first-order chi connectivity index (χ1) is 8.37. The fourth-order valence-electron chi connectivity index (χ4n) is 2.35. The van der Waals surface area contributed by atoms with E-state index in [4.69, 9.17) is 0 Å². The van der Waals surface area contributed by atoms with E-state index in [2.05, 4.69) is 31.0 Å². The largest absolute Gasteiger partial charge is 0.311 e. The van der Waals surface area contributed by atoms with Crippen LogP contribution in [0.2, 0.25) is 0 Å². The lowest BCUT2D eigenvalue weighted by atomic mass is 10.0. The predicted molar refractivity (Wildman–Crippen MR) is 75.2 cm³/mol. The summed E-state index contributed by atoms with van der Waals surface area (Å²) in [7, 11) is 2.04. The summed E-state index contributed by atoms with van der Waals surface area (Å²) in [5.74, 6) is -0.127. The number of benzene rings is 1. The average molecular weight is 252 g/mol. The average Bonchev–Trinajstić information content (AvgIpc) is 2.28. The predicted octanol–water partition coefficient (Wildman–Crippen LogP) is 3.21. The fourth-order valence-corrected chi connectivity index (χ4v) is 2.35. The molecule has 0 spiro atoms. The maximum absolute atomic E-state index is 13.7. The monoisotopic (exact) mass is 252 g/mol. The second-order valence-corrected chi connectivity index (χ2v) is 5.53. The van der Waals surface area contributed by atoms with Gasteiger partial charge in [-0.05, 0) is 40.4 Å². The first-order valence-corrected chi connectivity index (χ1v) is 6.57. The minimum absolute atomic E-state index is 0.0308. The Kier molecular flexibility index (Phi) is 5.29. The number of nitrogens with zero attached hydrogens (tertiary/aromatic N) is 1. The molecule has 1 aromatic carbocycles. The van der Waals surface area contributed by atoms with Crippen molar-refractivity contribution in [2.24, 2.45) is 0 Å². The zero-order valence-electron chi connectivity index (χ0n) is 12.1. The van der Waals surface area contributed by atoms with Gasteiger partial charge >= 0.3 is 0 Å². The molecule has 0 bridgehead atoms. The molecule has 1 unspecified atom stereocenters. The van der Waals surface area contributed by atoms with Crippen LogP contribution in [0.25, 0.3) is 0 Å². The minimum atomic E-state index is -0.127. The van der Waals surface area contributed by atoms with Gasteiger partial charge in [0.1, 0.15) is 5.82 Å². The molecule has 1 aromatic rings. The number of hydrogen-bond donors (Lipinski definition) is 1. The van der Waals surface area contributed by atoms with Gasteiger partial charge in [-0.2, -0.15) is 0 Å². The van der Waals surface area contributed by atoms with Crippen LogP contribution in [0.1, 0.15) is 39.3 Å². The Labute approximate surface area is 110 Å². The Bertz CT molecular complexity index is 377. The van der Waals surface area contributed by atoms with Crippen LogP contribution in [-0.2, 0) is 0 Å². The third-order valence-electron chi connectivity index (χ3n) is 3.32. The van der Waals surface area contributed by atoms with Crippen LogP contribution in [0.3, 0.4) is 0 Å². The van der Waals surface area contributed by atoms with Gasteiger partial charge in [-0.25, -0.2) is 4.39 Å². The second kappa shape index (κ2) is 6.30. The molecule has 0 saturated carbocycles. The van der Waals surface area contributed by atoms with Gasteiger partial charge in [-0.1, -0.05) is 25.1 Å². The molecular weight excluding hydrogens is 227 g/mol. The van der Waals surface area contributed by atoms with Crippen molar-refractivity contribution in [3.8, 4) is 0 Å². The van der Waals surface area contributed by atoms with Crippen molar-refractivity contribution in [3.63, 3.8) is 0 Å². The first-order valence-electron chi connectivity index (χ1n) is 6.57. The first kappa shape index (κ1) is 15.1. The quantitative estimate of drug-likeness (QED) is 0.836. The van der Waals surface area contributed by atoms with E-state index in [-0.39, 0.29) is 17.4 Å². The van der Waals surface area contributed by atoms with Crippen LogP contribution in [0, 0.1) is 5.82 Å². The molecule has 0 radical (unpaired) electrons. The Balaban J connectivity index is 2.73. The fraction of sp³-hybridized carbons (Fsp3) is 0.600. The number of rotatable bonds is 6. The van der Waals surface area contributed by atoms with E-state index in [1.807, 2.05) is 26.1 Å². The van der Waals surface area contributed by atoms with Crippen molar-refractivity contribution in [1.29, 1.82) is 0 Å². The Hall–Kier alpha value is -0.930. The van der Waals surface area contributed by atoms with Gasteiger partial charge in [0.05, 0.1) is 0 Å². The van der Waals surface area contributed by atoms with Crippen molar-refractivity contribution >= 4 is 0 Å². The van der Waals surface area contributed by atoms with Gasteiger partial charge in [0.15, 0.2) is 0 Å². The minimum Gasteiger partial charge on any atom is -0.311 e. The molecule has 18 heavy (non-hydrogen) atoms. The van der Waals surface area contributed by atoms with Gasteiger partial charge in [0.25, 0.3) is 0 Å². The molecular formula is C15H25FN2. The Morgan fingerprint density at radius 3 is 2.50 bits per heavy atom. The van der Waals surface area contributed by atoms with Crippen LogP contribution in [0.15, 0.2) is 24.3 Å². The second-order valence-electron chi connectivity index (χ2n) is 5.53. The van der Waals surface area contributed by atoms with Gasteiger partial charge in [0, 0.05) is 23.7 Å². The number of hydrogen-bond acceptors (Lipinski definition) is 2. The molecule has 0 saturated heterocycles. The third-order valence-corrected chi connectivity index (χ3v) is 3.32. The van der Waals surface area contributed by atoms with Crippen molar-refractivity contribution in [3.05, 3.63) is 35.6 Å². The van der Waals surface area contributed by atoms with Crippen molar-refractivity contribution in [2.45, 2.75) is 39.3 Å². The molecule has 0 aliphatic carbocycles. The van der Waals surface area contributed by atoms with Crippen LogP contribution in [-0.4, -0.2) is 30.6 Å². The lowest BCUT2D eigenvalue weighted by Crippen LogP contribution is -2.48. The topological polar surface area (TPSA) is 15.3 Å². The van der Waals surface area contributed by atoms with Gasteiger partial charge in [-0.3, -0.25) is 4.90 Å². The molecule has 0 amide bonds. The van der Waals surface area contributed by atoms with E-state index in [0.29, 0.717) is 0 Å². The van der Waals surface area contributed by atoms with E-state index in [1.54, 1.807) is 6.07 Å². The lowest BCUT2D eigenvalue weighted by molar-refractivity contribution is 0.190. The molecule has 0 heterocycles. The number of likely N-dealkylation sites (N-methyl/N-ethyl adjacent to an activating group) is 2.